The molecule has 19 heavy (non-hydrogen) atoms. The first-order valence-corrected chi connectivity index (χ1v) is 6.30. The van der Waals surface area contributed by atoms with Crippen LogP contribution in [-0.4, -0.2) is 4.99 Å². The molecule has 0 heterocycles. The monoisotopic (exact) mass is 295 g/mol. The smallest absolute Gasteiger partial charge is 0.140 e. The highest BCUT2D eigenvalue weighted by molar-refractivity contribution is 7.80. The van der Waals surface area contributed by atoms with E-state index in [1.165, 1.54) is 12.1 Å². The lowest BCUT2D eigenvalue weighted by Crippen LogP contribution is -2.13. The van der Waals surface area contributed by atoms with E-state index < -0.39 is 5.82 Å². The molecule has 0 aromatic heterocycles. The Labute approximate surface area is 120 Å². The molecule has 0 amide bonds. The molecule has 0 unspecified atom stereocenters. The Morgan fingerprint density at radius 3 is 2.68 bits per heavy atom. The molecule has 0 saturated carbocycles. The van der Waals surface area contributed by atoms with Gasteiger partial charge in [-0.05, 0) is 36.8 Å². The van der Waals surface area contributed by atoms with Crippen molar-refractivity contribution in [3.63, 3.8) is 0 Å². The third-order valence-corrected chi connectivity index (χ3v) is 3.03. The number of nitrogens with two attached hydrogens (primary N) is 1. The molecule has 0 aliphatic carbocycles. The Morgan fingerprint density at radius 1 is 1.26 bits per heavy atom. The molecule has 2 nitrogen and oxygen atoms in total. The van der Waals surface area contributed by atoms with Gasteiger partial charge in [-0.3, -0.25) is 0 Å². The summed E-state index contributed by atoms with van der Waals surface area (Å²) in [6, 6.07) is 9.66. The van der Waals surface area contributed by atoms with E-state index in [1.54, 1.807) is 18.2 Å². The lowest BCUT2D eigenvalue weighted by molar-refractivity contribution is 0.472. The van der Waals surface area contributed by atoms with Gasteiger partial charge in [-0.25, -0.2) is 4.39 Å². The average Bonchev–Trinajstić information content (AvgIpc) is 2.33. The number of benzene rings is 2. The van der Waals surface area contributed by atoms with Gasteiger partial charge in [0.05, 0.1) is 5.56 Å². The summed E-state index contributed by atoms with van der Waals surface area (Å²) in [5.74, 6) is 0.304. The zero-order valence-corrected chi connectivity index (χ0v) is 11.7. The van der Waals surface area contributed by atoms with Crippen LogP contribution in [0.4, 0.5) is 4.39 Å². The van der Waals surface area contributed by atoms with Crippen LogP contribution in [0, 0.1) is 12.7 Å². The Hall–Kier alpha value is -1.65. The second-order valence-corrected chi connectivity index (χ2v) is 4.87. The van der Waals surface area contributed by atoms with Crippen LogP contribution in [0.5, 0.6) is 11.5 Å². The van der Waals surface area contributed by atoms with Gasteiger partial charge >= 0.3 is 0 Å². The van der Waals surface area contributed by atoms with E-state index in [1.807, 2.05) is 13.0 Å². The number of ether oxygens (including phenoxy) is 1. The Bertz CT molecular complexity index is 645. The first kappa shape index (κ1) is 13.8. The van der Waals surface area contributed by atoms with Gasteiger partial charge in [0.15, 0.2) is 0 Å². The van der Waals surface area contributed by atoms with Crippen LogP contribution in [0.25, 0.3) is 0 Å². The minimum Gasteiger partial charge on any atom is -0.456 e. The van der Waals surface area contributed by atoms with Gasteiger partial charge in [0, 0.05) is 5.02 Å². The lowest BCUT2D eigenvalue weighted by Gasteiger charge is -2.13. The summed E-state index contributed by atoms with van der Waals surface area (Å²) in [5.41, 5.74) is 6.49. The van der Waals surface area contributed by atoms with Crippen molar-refractivity contribution in [1.29, 1.82) is 0 Å². The minimum atomic E-state index is -0.510. The van der Waals surface area contributed by atoms with Crippen molar-refractivity contribution >= 4 is 28.8 Å². The molecular formula is C14H11ClFNOS. The molecule has 5 heteroatoms. The molecule has 0 fully saturated rings. The molecular weight excluding hydrogens is 285 g/mol. The summed E-state index contributed by atoms with van der Waals surface area (Å²) in [5, 5.41) is 0.536. The van der Waals surface area contributed by atoms with Crippen LogP contribution in [0.2, 0.25) is 5.02 Å². The first-order valence-electron chi connectivity index (χ1n) is 5.51. The largest absolute Gasteiger partial charge is 0.456 e. The normalized spacial score (nSPS) is 10.3. The van der Waals surface area contributed by atoms with E-state index in [0.29, 0.717) is 10.8 Å². The van der Waals surface area contributed by atoms with Crippen molar-refractivity contribution in [2.45, 2.75) is 6.92 Å². The Balaban J connectivity index is 2.46. The molecule has 0 spiro atoms. The van der Waals surface area contributed by atoms with Gasteiger partial charge in [0.25, 0.3) is 0 Å². The highest BCUT2D eigenvalue weighted by atomic mass is 35.5. The van der Waals surface area contributed by atoms with Gasteiger partial charge in [-0.15, -0.1) is 0 Å². The zero-order chi connectivity index (χ0) is 14.0. The van der Waals surface area contributed by atoms with Crippen LogP contribution < -0.4 is 10.5 Å². The maximum atomic E-state index is 13.7. The van der Waals surface area contributed by atoms with Gasteiger partial charge in [-0.1, -0.05) is 36.0 Å². The second kappa shape index (κ2) is 5.55. The van der Waals surface area contributed by atoms with Crippen molar-refractivity contribution in [2.75, 3.05) is 0 Å². The average molecular weight is 296 g/mol. The van der Waals surface area contributed by atoms with E-state index in [4.69, 9.17) is 34.3 Å². The number of halogens is 2. The van der Waals surface area contributed by atoms with Crippen molar-refractivity contribution in [2.24, 2.45) is 5.73 Å². The fourth-order valence-electron chi connectivity index (χ4n) is 1.63. The predicted molar refractivity (Wildman–Crippen MR) is 78.6 cm³/mol. The van der Waals surface area contributed by atoms with Crippen molar-refractivity contribution in [1.82, 2.24) is 0 Å². The molecule has 0 aliphatic rings. The second-order valence-electron chi connectivity index (χ2n) is 3.99. The molecule has 0 atom stereocenters. The van der Waals surface area contributed by atoms with E-state index in [2.05, 4.69) is 0 Å². The maximum Gasteiger partial charge on any atom is 0.140 e. The highest BCUT2D eigenvalue weighted by Gasteiger charge is 2.14. The van der Waals surface area contributed by atoms with Crippen molar-refractivity contribution < 1.29 is 9.13 Å². The van der Waals surface area contributed by atoms with Crippen LogP contribution in [0.1, 0.15) is 11.1 Å². The fraction of sp³-hybridized carbons (Fsp3) is 0.0714. The van der Waals surface area contributed by atoms with Crippen LogP contribution in [0.3, 0.4) is 0 Å². The lowest BCUT2D eigenvalue weighted by atomic mass is 10.1. The van der Waals surface area contributed by atoms with Gasteiger partial charge in [0.1, 0.15) is 22.3 Å². The molecule has 0 bridgehead atoms. The van der Waals surface area contributed by atoms with Gasteiger partial charge < -0.3 is 10.5 Å². The summed E-state index contributed by atoms with van der Waals surface area (Å²) >= 11 is 10.8. The van der Waals surface area contributed by atoms with Gasteiger partial charge in [-0.2, -0.15) is 0 Å². The molecule has 2 aromatic rings. The Morgan fingerprint density at radius 2 is 2.00 bits per heavy atom. The zero-order valence-electron chi connectivity index (χ0n) is 10.1. The highest BCUT2D eigenvalue weighted by Crippen LogP contribution is 2.31. The molecule has 2 rings (SSSR count). The van der Waals surface area contributed by atoms with E-state index in [9.17, 15) is 4.39 Å². The minimum absolute atomic E-state index is 0.0484. The van der Waals surface area contributed by atoms with Crippen LogP contribution in [-0.2, 0) is 0 Å². The Kier molecular flexibility index (Phi) is 4.02. The molecule has 2 aromatic carbocycles. The predicted octanol–water partition coefficient (Wildman–Crippen LogP) is 4.21. The molecule has 0 aliphatic heterocycles. The number of hydrogen-bond donors (Lipinski definition) is 1. The molecule has 0 saturated heterocycles. The third-order valence-electron chi connectivity index (χ3n) is 2.59. The maximum absolute atomic E-state index is 13.7. The topological polar surface area (TPSA) is 35.2 Å². The molecule has 0 radical (unpaired) electrons. The van der Waals surface area contributed by atoms with E-state index >= 15 is 0 Å². The molecule has 2 N–H and O–H groups in total. The van der Waals surface area contributed by atoms with Crippen LogP contribution in [0.15, 0.2) is 36.4 Å². The van der Waals surface area contributed by atoms with Crippen molar-refractivity contribution in [3.8, 4) is 11.5 Å². The van der Waals surface area contributed by atoms with Crippen molar-refractivity contribution in [3.05, 3.63) is 58.4 Å². The summed E-state index contributed by atoms with van der Waals surface area (Å²) in [6.45, 7) is 1.87. The number of aryl methyl sites for hydroxylation is 1. The fourth-order valence-corrected chi connectivity index (χ4v) is 1.99. The van der Waals surface area contributed by atoms with E-state index in [0.717, 1.165) is 5.56 Å². The third kappa shape index (κ3) is 3.03. The summed E-state index contributed by atoms with van der Waals surface area (Å²) in [6.07, 6.45) is 0. The standard InChI is InChI=1S/C14H11ClFNOS/c1-8-5-6-9(15)7-12(8)18-11-4-2-3-10(16)13(11)14(17)19/h2-7H,1H3,(H2,17,19). The number of thiocarbonyl (C=S) groups is 1. The van der Waals surface area contributed by atoms with Crippen LogP contribution >= 0.6 is 23.8 Å². The summed E-state index contributed by atoms with van der Waals surface area (Å²) in [7, 11) is 0. The van der Waals surface area contributed by atoms with E-state index in [-0.39, 0.29) is 16.3 Å². The quantitative estimate of drug-likeness (QED) is 0.861. The first-order chi connectivity index (χ1) is 8.99. The summed E-state index contributed by atoms with van der Waals surface area (Å²) in [4.78, 5) is -0.0484. The SMILES string of the molecule is Cc1ccc(Cl)cc1Oc1cccc(F)c1C(N)=S. The number of hydrogen-bond acceptors (Lipinski definition) is 2. The molecule has 98 valence electrons. The summed E-state index contributed by atoms with van der Waals surface area (Å²) < 4.78 is 19.4. The number of rotatable bonds is 3. The van der Waals surface area contributed by atoms with Gasteiger partial charge in [0.2, 0.25) is 0 Å².